The number of hydrazine groups is 1. The monoisotopic (exact) mass is 212 g/mol. The lowest BCUT2D eigenvalue weighted by atomic mass is 10.3. The maximum atomic E-state index is 11.4. The highest BCUT2D eigenvalue weighted by Crippen LogP contribution is 2.25. The first-order valence-corrected chi connectivity index (χ1v) is 3.22. The molecule has 0 unspecified atom stereocenters. The molecule has 0 spiro atoms. The Bertz CT molecular complexity index is 259. The summed E-state index contributed by atoms with van der Waals surface area (Å²) in [6.07, 6.45) is 0. The molecule has 0 saturated heterocycles. The highest BCUT2D eigenvalue weighted by atomic mass is 35.5. The summed E-state index contributed by atoms with van der Waals surface area (Å²) in [7, 11) is 0. The van der Waals surface area contributed by atoms with Gasteiger partial charge in [0.25, 0.3) is 0 Å². The van der Waals surface area contributed by atoms with E-state index in [-0.39, 0.29) is 23.2 Å². The van der Waals surface area contributed by atoms with Crippen LogP contribution in [0.15, 0.2) is 18.2 Å². The van der Waals surface area contributed by atoms with Gasteiger partial charge < -0.3 is 5.11 Å². The van der Waals surface area contributed by atoms with Gasteiger partial charge in [-0.1, -0.05) is 17.2 Å². The maximum Gasteiger partial charge on any atom is 0.136 e. The highest BCUT2D eigenvalue weighted by molar-refractivity contribution is 6.32. The molecular formula is C6H7Cl2FN2O. The molecule has 0 heterocycles. The fraction of sp³-hybridized carbons (Fsp3) is 0. The van der Waals surface area contributed by atoms with Crippen LogP contribution in [0.25, 0.3) is 0 Å². The van der Waals surface area contributed by atoms with Crippen LogP contribution in [0.2, 0.25) is 5.02 Å². The van der Waals surface area contributed by atoms with Gasteiger partial charge in [-0.2, -0.15) is 0 Å². The first-order valence-electron chi connectivity index (χ1n) is 2.84. The van der Waals surface area contributed by atoms with Gasteiger partial charge in [0.15, 0.2) is 0 Å². The van der Waals surface area contributed by atoms with Crippen LogP contribution < -0.4 is 11.1 Å². The van der Waals surface area contributed by atoms with Crippen molar-refractivity contribution in [2.45, 2.75) is 0 Å². The van der Waals surface area contributed by atoms with Crippen molar-refractivity contribution in [2.75, 3.05) is 5.43 Å². The van der Waals surface area contributed by atoms with Gasteiger partial charge in [0.2, 0.25) is 0 Å². The summed E-state index contributed by atoms with van der Waals surface area (Å²) in [6.45, 7) is 0. The van der Waals surface area contributed by atoms with Crippen molar-refractivity contribution in [3.8, 4) is 5.75 Å². The molecule has 0 aliphatic heterocycles. The Morgan fingerprint density at radius 2 is 2.08 bits per heavy atom. The zero-order valence-electron chi connectivity index (χ0n) is 5.84. The highest BCUT2D eigenvalue weighted by Gasteiger charge is 1.97. The van der Waals surface area contributed by atoms with Gasteiger partial charge in [0, 0.05) is 6.07 Å². The molecule has 0 radical (unpaired) electrons. The summed E-state index contributed by atoms with van der Waals surface area (Å²) in [5.41, 5.74) is 3.76. The van der Waals surface area contributed by atoms with Crippen LogP contribution in [0.4, 0.5) is 10.2 Å². The predicted octanol–water partition coefficient (Wildman–Crippen LogP) is 2.27. The van der Waals surface area contributed by atoms with E-state index in [0.717, 1.165) is 0 Å². The molecule has 0 saturated carbocycles. The Kier molecular flexibility index (Phi) is 4.73. The molecule has 1 aromatic rings. The summed E-state index contributed by atoms with van der Waals surface area (Å²) in [5.74, 6) is -0.0908. The third-order valence-electron chi connectivity index (χ3n) is 1.14. The van der Waals surface area contributed by atoms with Gasteiger partial charge in [-0.15, -0.1) is 16.9 Å². The van der Waals surface area contributed by atoms with Gasteiger partial charge in [-0.05, 0) is 12.1 Å². The molecule has 0 aliphatic rings. The SMILES string of the molecule is Cl.Oc1cc(NNF)ccc1Cl. The van der Waals surface area contributed by atoms with E-state index in [1.807, 2.05) is 0 Å². The van der Waals surface area contributed by atoms with Crippen LogP contribution in [0.5, 0.6) is 5.75 Å². The molecule has 1 rings (SSSR count). The fourth-order valence-corrected chi connectivity index (χ4v) is 0.763. The van der Waals surface area contributed by atoms with E-state index in [1.54, 1.807) is 0 Å². The zero-order chi connectivity index (χ0) is 8.27. The molecule has 1 aromatic carbocycles. The van der Waals surface area contributed by atoms with Gasteiger partial charge >= 0.3 is 0 Å². The molecule has 12 heavy (non-hydrogen) atoms. The maximum absolute atomic E-state index is 11.4. The standard InChI is InChI=1S/C6H6ClFN2O.ClH/c7-5-2-1-4(9-10-8)3-6(5)11;/h1-3,9-11H;1H. The molecule has 0 fully saturated rings. The van der Waals surface area contributed by atoms with E-state index in [4.69, 9.17) is 16.7 Å². The Hall–Kier alpha value is -0.710. The summed E-state index contributed by atoms with van der Waals surface area (Å²) in [4.78, 5) is 0. The molecule has 3 nitrogen and oxygen atoms in total. The number of hydrogen-bond donors (Lipinski definition) is 3. The van der Waals surface area contributed by atoms with Crippen molar-refractivity contribution < 1.29 is 9.59 Å². The number of halogens is 3. The summed E-state index contributed by atoms with van der Waals surface area (Å²) < 4.78 is 11.4. The van der Waals surface area contributed by atoms with E-state index in [2.05, 4.69) is 5.43 Å². The number of anilines is 1. The Morgan fingerprint density at radius 3 is 2.58 bits per heavy atom. The molecule has 0 amide bonds. The van der Waals surface area contributed by atoms with Gasteiger partial charge in [0.1, 0.15) is 5.75 Å². The molecule has 68 valence electrons. The largest absolute Gasteiger partial charge is 0.506 e. The van der Waals surface area contributed by atoms with Crippen molar-refractivity contribution in [1.29, 1.82) is 0 Å². The Morgan fingerprint density at radius 1 is 1.42 bits per heavy atom. The first kappa shape index (κ1) is 11.3. The third-order valence-corrected chi connectivity index (χ3v) is 1.46. The average molecular weight is 213 g/mol. The van der Waals surface area contributed by atoms with Crippen molar-refractivity contribution in [1.82, 2.24) is 5.65 Å². The predicted molar refractivity (Wildman–Crippen MR) is 48.2 cm³/mol. The van der Waals surface area contributed by atoms with Gasteiger partial charge in [0.05, 0.1) is 10.7 Å². The molecular weight excluding hydrogens is 206 g/mol. The fourth-order valence-electron chi connectivity index (χ4n) is 0.645. The summed E-state index contributed by atoms with van der Waals surface area (Å²) in [5, 5.41) is 9.24. The lowest BCUT2D eigenvalue weighted by Crippen LogP contribution is -2.09. The molecule has 0 atom stereocenters. The quantitative estimate of drug-likeness (QED) is 0.521. The lowest BCUT2D eigenvalue weighted by Gasteiger charge is -2.02. The molecule has 6 heteroatoms. The average Bonchev–Trinajstić information content (AvgIpc) is 1.98. The third kappa shape index (κ3) is 2.73. The Balaban J connectivity index is 0.00000121. The van der Waals surface area contributed by atoms with Crippen molar-refractivity contribution in [3.63, 3.8) is 0 Å². The molecule has 3 N–H and O–H groups in total. The van der Waals surface area contributed by atoms with E-state index in [1.165, 1.54) is 23.8 Å². The summed E-state index contributed by atoms with van der Waals surface area (Å²) >= 11 is 5.49. The second-order valence-corrected chi connectivity index (χ2v) is 2.29. The molecule has 0 aliphatic carbocycles. The van der Waals surface area contributed by atoms with Crippen LogP contribution in [0.1, 0.15) is 0 Å². The zero-order valence-corrected chi connectivity index (χ0v) is 7.42. The van der Waals surface area contributed by atoms with Crippen molar-refractivity contribution in [2.24, 2.45) is 0 Å². The lowest BCUT2D eigenvalue weighted by molar-refractivity contribution is 0.376. The van der Waals surface area contributed by atoms with Crippen LogP contribution in [-0.2, 0) is 0 Å². The van der Waals surface area contributed by atoms with E-state index in [9.17, 15) is 4.48 Å². The van der Waals surface area contributed by atoms with E-state index < -0.39 is 0 Å². The first-order chi connectivity index (χ1) is 5.24. The molecule has 0 aromatic heterocycles. The number of hydrogen-bond acceptors (Lipinski definition) is 3. The smallest absolute Gasteiger partial charge is 0.136 e. The second kappa shape index (κ2) is 5.03. The normalized spacial score (nSPS) is 8.83. The van der Waals surface area contributed by atoms with E-state index >= 15 is 0 Å². The van der Waals surface area contributed by atoms with Crippen LogP contribution in [-0.4, -0.2) is 5.11 Å². The second-order valence-electron chi connectivity index (χ2n) is 1.89. The Labute approximate surface area is 79.9 Å². The topological polar surface area (TPSA) is 44.3 Å². The van der Waals surface area contributed by atoms with Gasteiger partial charge in [-0.25, -0.2) is 0 Å². The minimum absolute atomic E-state index is 0. The van der Waals surface area contributed by atoms with Crippen molar-refractivity contribution in [3.05, 3.63) is 23.2 Å². The number of nitrogens with one attached hydrogen (secondary N) is 2. The molecule has 0 bridgehead atoms. The number of phenolic OH excluding ortho intramolecular Hbond substituents is 1. The van der Waals surface area contributed by atoms with Crippen molar-refractivity contribution >= 4 is 29.7 Å². The number of rotatable bonds is 2. The number of benzene rings is 1. The minimum atomic E-state index is -0.0908. The number of aromatic hydroxyl groups is 1. The van der Waals surface area contributed by atoms with Crippen LogP contribution >= 0.6 is 24.0 Å². The van der Waals surface area contributed by atoms with Crippen LogP contribution in [0, 0.1) is 0 Å². The number of phenols is 1. The van der Waals surface area contributed by atoms with Gasteiger partial charge in [-0.3, -0.25) is 5.43 Å². The van der Waals surface area contributed by atoms with E-state index in [0.29, 0.717) is 5.69 Å². The minimum Gasteiger partial charge on any atom is -0.506 e. The summed E-state index contributed by atoms with van der Waals surface area (Å²) in [6, 6.07) is 4.28. The van der Waals surface area contributed by atoms with Crippen LogP contribution in [0.3, 0.4) is 0 Å².